The Balaban J connectivity index is 1.70. The maximum absolute atomic E-state index is 12.5. The number of aromatic amines is 1. The first-order valence-electron chi connectivity index (χ1n) is 8.45. The van der Waals surface area contributed by atoms with E-state index in [0.717, 1.165) is 22.3 Å². The number of esters is 1. The van der Waals surface area contributed by atoms with Crippen LogP contribution in [0.2, 0.25) is 0 Å². The van der Waals surface area contributed by atoms with Gasteiger partial charge in [0.2, 0.25) is 5.78 Å². The molecule has 6 nitrogen and oxygen atoms in total. The van der Waals surface area contributed by atoms with Gasteiger partial charge >= 0.3 is 5.97 Å². The molecule has 0 radical (unpaired) electrons. The molecule has 0 atom stereocenters. The van der Waals surface area contributed by atoms with Crippen molar-refractivity contribution in [1.29, 1.82) is 0 Å². The van der Waals surface area contributed by atoms with Crippen molar-refractivity contribution in [3.05, 3.63) is 59.0 Å². The zero-order chi connectivity index (χ0) is 18.7. The molecule has 3 aromatic rings. The van der Waals surface area contributed by atoms with E-state index in [9.17, 15) is 9.59 Å². The van der Waals surface area contributed by atoms with Crippen LogP contribution in [0.25, 0.3) is 10.9 Å². The highest BCUT2D eigenvalue weighted by Crippen LogP contribution is 2.19. The Labute approximate surface area is 151 Å². The molecule has 0 bridgehead atoms. The second-order valence-electron chi connectivity index (χ2n) is 6.18. The molecule has 0 amide bonds. The molecule has 3 rings (SSSR count). The third-order valence-electron chi connectivity index (χ3n) is 4.54. The van der Waals surface area contributed by atoms with E-state index < -0.39 is 5.97 Å². The summed E-state index contributed by atoms with van der Waals surface area (Å²) in [6, 6.07) is 9.29. The highest BCUT2D eigenvalue weighted by molar-refractivity contribution is 6.05. The van der Waals surface area contributed by atoms with Gasteiger partial charge in [0.05, 0.1) is 12.2 Å². The SMILES string of the molecule is COCCn1c(C)cc(C(=O)COC(=O)c2c[nH]c3ccccc23)c1C. The fourth-order valence-corrected chi connectivity index (χ4v) is 3.14. The first-order valence-corrected chi connectivity index (χ1v) is 8.45. The maximum atomic E-state index is 12.5. The van der Waals surface area contributed by atoms with E-state index >= 15 is 0 Å². The summed E-state index contributed by atoms with van der Waals surface area (Å²) in [5.74, 6) is -0.723. The summed E-state index contributed by atoms with van der Waals surface area (Å²) in [6.07, 6.45) is 1.61. The molecule has 0 unspecified atom stereocenters. The van der Waals surface area contributed by atoms with Crippen molar-refractivity contribution in [2.24, 2.45) is 0 Å². The number of benzene rings is 1. The number of nitrogens with one attached hydrogen (secondary N) is 1. The van der Waals surface area contributed by atoms with Crippen molar-refractivity contribution in [3.63, 3.8) is 0 Å². The van der Waals surface area contributed by atoms with Crippen molar-refractivity contribution < 1.29 is 19.1 Å². The van der Waals surface area contributed by atoms with Crippen LogP contribution in [0.5, 0.6) is 0 Å². The average molecular weight is 354 g/mol. The highest BCUT2D eigenvalue weighted by atomic mass is 16.5. The van der Waals surface area contributed by atoms with Crippen LogP contribution in [0.4, 0.5) is 0 Å². The molecule has 0 spiro atoms. The van der Waals surface area contributed by atoms with Gasteiger partial charge in [-0.3, -0.25) is 4.79 Å². The molecule has 26 heavy (non-hydrogen) atoms. The van der Waals surface area contributed by atoms with Crippen LogP contribution in [-0.2, 0) is 16.0 Å². The molecule has 0 fully saturated rings. The van der Waals surface area contributed by atoms with Crippen LogP contribution in [0, 0.1) is 13.8 Å². The minimum absolute atomic E-state index is 0.213. The number of carbonyl (C=O) groups excluding carboxylic acids is 2. The second-order valence-corrected chi connectivity index (χ2v) is 6.18. The molecule has 0 aliphatic rings. The fraction of sp³-hybridized carbons (Fsp3) is 0.300. The number of hydrogen-bond donors (Lipinski definition) is 1. The van der Waals surface area contributed by atoms with E-state index in [-0.39, 0.29) is 12.4 Å². The lowest BCUT2D eigenvalue weighted by molar-refractivity contribution is 0.0476. The van der Waals surface area contributed by atoms with E-state index in [1.807, 2.05) is 48.7 Å². The number of hydrogen-bond acceptors (Lipinski definition) is 4. The lowest BCUT2D eigenvalue weighted by Crippen LogP contribution is -2.15. The number of rotatable bonds is 7. The molecule has 1 N–H and O–H groups in total. The second kappa shape index (κ2) is 7.58. The highest BCUT2D eigenvalue weighted by Gasteiger charge is 2.19. The Hall–Kier alpha value is -2.86. The number of methoxy groups -OCH3 is 1. The minimum atomic E-state index is -0.510. The van der Waals surface area contributed by atoms with Gasteiger partial charge in [0.1, 0.15) is 0 Å². The predicted molar refractivity (Wildman–Crippen MR) is 98.7 cm³/mol. The topological polar surface area (TPSA) is 73.3 Å². The Morgan fingerprint density at radius 3 is 2.69 bits per heavy atom. The summed E-state index contributed by atoms with van der Waals surface area (Å²) in [7, 11) is 1.64. The summed E-state index contributed by atoms with van der Waals surface area (Å²) in [5, 5.41) is 0.780. The summed E-state index contributed by atoms with van der Waals surface area (Å²) in [5.41, 5.74) is 3.69. The monoisotopic (exact) mass is 354 g/mol. The maximum Gasteiger partial charge on any atom is 0.340 e. The standard InChI is InChI=1S/C20H22N2O4/c1-13-10-16(14(2)22(13)8-9-25-3)19(23)12-26-20(24)17-11-21-18-7-5-4-6-15(17)18/h4-7,10-11,21H,8-9,12H2,1-3H3. The van der Waals surface area contributed by atoms with E-state index in [2.05, 4.69) is 4.98 Å². The molecular weight excluding hydrogens is 332 g/mol. The molecule has 2 heterocycles. The van der Waals surface area contributed by atoms with Gasteiger partial charge in [-0.15, -0.1) is 0 Å². The zero-order valence-corrected chi connectivity index (χ0v) is 15.2. The van der Waals surface area contributed by atoms with E-state index in [0.29, 0.717) is 24.3 Å². The number of ketones is 1. The summed E-state index contributed by atoms with van der Waals surface area (Å²) >= 11 is 0. The molecule has 0 aliphatic carbocycles. The van der Waals surface area contributed by atoms with Crippen LogP contribution in [0.3, 0.4) is 0 Å². The van der Waals surface area contributed by atoms with Crippen molar-refractivity contribution in [2.45, 2.75) is 20.4 Å². The first kappa shape index (κ1) is 17.9. The number of H-pyrrole nitrogens is 1. The number of nitrogens with zero attached hydrogens (tertiary/aromatic N) is 1. The normalized spacial score (nSPS) is 11.0. The molecular formula is C20H22N2O4. The van der Waals surface area contributed by atoms with Crippen LogP contribution >= 0.6 is 0 Å². The van der Waals surface area contributed by atoms with Crippen LogP contribution in [-0.4, -0.2) is 41.6 Å². The van der Waals surface area contributed by atoms with Crippen molar-refractivity contribution in [2.75, 3.05) is 20.3 Å². The summed E-state index contributed by atoms with van der Waals surface area (Å²) in [4.78, 5) is 27.9. The third kappa shape index (κ3) is 3.41. The van der Waals surface area contributed by atoms with Gasteiger partial charge in [-0.25, -0.2) is 4.79 Å². The molecule has 136 valence electrons. The molecule has 6 heteroatoms. The van der Waals surface area contributed by atoms with E-state index in [1.54, 1.807) is 13.3 Å². The quantitative estimate of drug-likeness (QED) is 0.522. The minimum Gasteiger partial charge on any atom is -0.454 e. The Morgan fingerprint density at radius 2 is 1.92 bits per heavy atom. The van der Waals surface area contributed by atoms with Crippen molar-refractivity contribution in [3.8, 4) is 0 Å². The van der Waals surface area contributed by atoms with Gasteiger partial charge in [0, 0.05) is 47.7 Å². The summed E-state index contributed by atoms with van der Waals surface area (Å²) in [6.45, 7) is 4.79. The van der Waals surface area contributed by atoms with Gasteiger partial charge in [0.25, 0.3) is 0 Å². The molecule has 0 saturated carbocycles. The smallest absolute Gasteiger partial charge is 0.340 e. The predicted octanol–water partition coefficient (Wildman–Crippen LogP) is 3.27. The number of aromatic nitrogens is 2. The van der Waals surface area contributed by atoms with Gasteiger partial charge in [-0.2, -0.15) is 0 Å². The molecule has 1 aromatic carbocycles. The van der Waals surface area contributed by atoms with Gasteiger partial charge in [-0.05, 0) is 26.0 Å². The van der Waals surface area contributed by atoms with Crippen LogP contribution < -0.4 is 0 Å². The number of para-hydroxylation sites is 1. The molecule has 2 aromatic heterocycles. The van der Waals surface area contributed by atoms with Crippen molar-refractivity contribution >= 4 is 22.7 Å². The van der Waals surface area contributed by atoms with Crippen LogP contribution in [0.1, 0.15) is 32.1 Å². The van der Waals surface area contributed by atoms with Gasteiger partial charge < -0.3 is 19.0 Å². The number of Topliss-reactive ketones (excluding diaryl/α,β-unsaturated/α-hetero) is 1. The Bertz CT molecular complexity index is 952. The van der Waals surface area contributed by atoms with Gasteiger partial charge in [-0.1, -0.05) is 18.2 Å². The van der Waals surface area contributed by atoms with E-state index in [1.165, 1.54) is 0 Å². The lowest BCUT2D eigenvalue weighted by atomic mass is 10.1. The van der Waals surface area contributed by atoms with Crippen molar-refractivity contribution in [1.82, 2.24) is 9.55 Å². The Kier molecular flexibility index (Phi) is 5.23. The molecule has 0 aliphatic heterocycles. The first-order chi connectivity index (χ1) is 12.5. The molecule has 0 saturated heterocycles. The number of aryl methyl sites for hydroxylation is 1. The van der Waals surface area contributed by atoms with Gasteiger partial charge in [0.15, 0.2) is 6.61 Å². The largest absolute Gasteiger partial charge is 0.454 e. The average Bonchev–Trinajstić information content (AvgIpc) is 3.19. The zero-order valence-electron chi connectivity index (χ0n) is 15.2. The number of carbonyl (C=O) groups is 2. The third-order valence-corrected chi connectivity index (χ3v) is 4.54. The summed E-state index contributed by atoms with van der Waals surface area (Å²) < 4.78 is 12.4. The lowest BCUT2D eigenvalue weighted by Gasteiger charge is -2.09. The van der Waals surface area contributed by atoms with Crippen LogP contribution in [0.15, 0.2) is 36.5 Å². The Morgan fingerprint density at radius 1 is 1.15 bits per heavy atom. The fourth-order valence-electron chi connectivity index (χ4n) is 3.14. The number of fused-ring (bicyclic) bond motifs is 1. The number of ether oxygens (including phenoxy) is 2. The van der Waals surface area contributed by atoms with E-state index in [4.69, 9.17) is 9.47 Å².